The van der Waals surface area contributed by atoms with Crippen molar-refractivity contribution >= 4 is 23.5 Å². The predicted octanol–water partition coefficient (Wildman–Crippen LogP) is 6.89. The number of aliphatic carboxylic acids is 1. The Kier molecular flexibility index (Phi) is 5.52. The minimum atomic E-state index is -0.703. The lowest BCUT2D eigenvalue weighted by atomic mass is 9.38. The molecule has 0 aromatic heterocycles. The molecule has 1 aromatic carbocycles. The zero-order chi connectivity index (χ0) is 24.5. The Morgan fingerprint density at radius 1 is 1.24 bits per heavy atom. The number of aryl methyl sites for hydroxylation is 1. The number of nitrogens with zero attached hydrogens (tertiary/aromatic N) is 1. The van der Waals surface area contributed by atoms with Crippen LogP contribution in [0.1, 0.15) is 96.6 Å². The lowest BCUT2D eigenvalue weighted by molar-refractivity contribution is -0.224. The second kappa shape index (κ2) is 7.85. The second-order valence-corrected chi connectivity index (χ2v) is 13.3. The van der Waals surface area contributed by atoms with Gasteiger partial charge in [-0.1, -0.05) is 57.8 Å². The molecule has 4 aliphatic carbocycles. The van der Waals surface area contributed by atoms with Crippen LogP contribution in [0.2, 0.25) is 5.02 Å². The van der Waals surface area contributed by atoms with Gasteiger partial charge in [0.15, 0.2) is 0 Å². The van der Waals surface area contributed by atoms with Crippen LogP contribution in [0, 0.1) is 16.7 Å². The number of benzene rings is 1. The first-order valence-corrected chi connectivity index (χ1v) is 13.4. The highest BCUT2D eigenvalue weighted by Gasteiger charge is 2.75. The molecule has 2 atom stereocenters. The molecule has 1 heterocycles. The van der Waals surface area contributed by atoms with Crippen molar-refractivity contribution in [2.75, 3.05) is 0 Å². The molecule has 1 N–H and O–H groups in total. The fraction of sp³-hybridized carbons (Fsp3) is 0.655. The third kappa shape index (κ3) is 3.63. The first-order valence-electron chi connectivity index (χ1n) is 13.0. The fourth-order valence-electron chi connectivity index (χ4n) is 7.12. The molecule has 0 saturated heterocycles. The Morgan fingerprint density at radius 3 is 2.53 bits per heavy atom. The Labute approximate surface area is 208 Å². The summed E-state index contributed by atoms with van der Waals surface area (Å²) >= 11 is 6.81. The van der Waals surface area contributed by atoms with Gasteiger partial charge in [-0.25, -0.2) is 0 Å². The maximum Gasteiger partial charge on any atom is 0.309 e. The van der Waals surface area contributed by atoms with Crippen LogP contribution in [0.5, 0.6) is 0 Å². The molecule has 0 spiro atoms. The molecule has 1 aromatic rings. The maximum atomic E-state index is 13.6. The van der Waals surface area contributed by atoms with Crippen LogP contribution in [0.4, 0.5) is 0 Å². The molecule has 1 aliphatic heterocycles. The van der Waals surface area contributed by atoms with E-state index in [-0.39, 0.29) is 22.3 Å². The van der Waals surface area contributed by atoms with Gasteiger partial charge in [0.25, 0.3) is 0 Å². The average Bonchev–Trinajstić information content (AvgIpc) is 2.70. The third-order valence-electron chi connectivity index (χ3n) is 9.40. The summed E-state index contributed by atoms with van der Waals surface area (Å²) in [7, 11) is 0. The smallest absolute Gasteiger partial charge is 0.309 e. The summed E-state index contributed by atoms with van der Waals surface area (Å²) in [5.41, 5.74) is 2.84. The molecule has 0 radical (unpaired) electrons. The molecule has 5 heteroatoms. The molecule has 34 heavy (non-hydrogen) atoms. The quantitative estimate of drug-likeness (QED) is 0.479. The van der Waals surface area contributed by atoms with Crippen LogP contribution < -0.4 is 0 Å². The van der Waals surface area contributed by atoms with Crippen LogP contribution >= 0.6 is 11.6 Å². The number of hydrogen-bond acceptors (Lipinski definition) is 2. The third-order valence-corrected chi connectivity index (χ3v) is 9.76. The van der Waals surface area contributed by atoms with Gasteiger partial charge in [-0.2, -0.15) is 0 Å². The van der Waals surface area contributed by atoms with Crippen LogP contribution in [-0.2, 0) is 21.4 Å². The van der Waals surface area contributed by atoms with Crippen LogP contribution in [0.15, 0.2) is 30.0 Å². The number of hydrogen-bond donors (Lipinski definition) is 1. The van der Waals surface area contributed by atoms with Gasteiger partial charge in [0.2, 0.25) is 5.91 Å². The van der Waals surface area contributed by atoms with Gasteiger partial charge in [0.05, 0.1) is 11.0 Å². The number of rotatable bonds is 6. The molecule has 2 bridgehead atoms. The number of carboxylic acid groups (broad SMARTS) is 1. The Balaban J connectivity index is 1.46. The average molecular weight is 484 g/mol. The number of carbonyl (C=O) groups is 2. The number of carboxylic acids is 1. The van der Waals surface area contributed by atoms with Crippen molar-refractivity contribution in [3.63, 3.8) is 0 Å². The van der Waals surface area contributed by atoms with Gasteiger partial charge in [0.1, 0.15) is 0 Å². The van der Waals surface area contributed by atoms with Gasteiger partial charge < -0.3 is 10.0 Å². The molecule has 4 fully saturated rings. The molecular weight excluding hydrogens is 446 g/mol. The molecular formula is C29H38ClNO3. The summed E-state index contributed by atoms with van der Waals surface area (Å²) in [6, 6.07) is 6.52. The van der Waals surface area contributed by atoms with E-state index in [1.807, 2.05) is 4.90 Å². The molecule has 1 unspecified atom stereocenters. The summed E-state index contributed by atoms with van der Waals surface area (Å²) in [4.78, 5) is 27.2. The number of amides is 1. The van der Waals surface area contributed by atoms with E-state index in [0.29, 0.717) is 31.6 Å². The van der Waals surface area contributed by atoms with E-state index in [1.54, 1.807) is 0 Å². The topological polar surface area (TPSA) is 57.6 Å². The Morgan fingerprint density at radius 2 is 1.94 bits per heavy atom. The van der Waals surface area contributed by atoms with Crippen molar-refractivity contribution in [1.82, 2.24) is 4.90 Å². The van der Waals surface area contributed by atoms with E-state index in [9.17, 15) is 14.7 Å². The number of allylic oxidation sites excluding steroid dienone is 1. The molecule has 6 rings (SSSR count). The number of fused-ring (bicyclic) bond motifs is 1. The lowest BCUT2D eigenvalue weighted by Crippen LogP contribution is -2.77. The standard InChI is InChI=1S/C29H38ClNO3/c1-5-19-8-11-29(21-7-6-20(23(30)13-21)9-10-26(2,3)4)14-24(32)31(15-22(29)12-19)28-16-27(17-28,18-28)25(33)34/h6-7,13,15,19H,5,8-12,14,16-18H2,1-4H3,(H,33,34)/t19?,27?,28?,29-/m0/s1. The van der Waals surface area contributed by atoms with Crippen molar-refractivity contribution in [2.24, 2.45) is 16.7 Å². The zero-order valence-corrected chi connectivity index (χ0v) is 21.8. The summed E-state index contributed by atoms with van der Waals surface area (Å²) in [5, 5.41) is 10.4. The minimum Gasteiger partial charge on any atom is -0.481 e. The van der Waals surface area contributed by atoms with E-state index in [2.05, 4.69) is 52.1 Å². The molecule has 4 saturated carbocycles. The van der Waals surface area contributed by atoms with E-state index in [4.69, 9.17) is 11.6 Å². The van der Waals surface area contributed by atoms with Gasteiger partial charge in [-0.05, 0) is 85.5 Å². The van der Waals surface area contributed by atoms with Gasteiger partial charge in [-0.3, -0.25) is 9.59 Å². The summed E-state index contributed by atoms with van der Waals surface area (Å²) in [6.45, 7) is 9.01. The van der Waals surface area contributed by atoms with Crippen LogP contribution in [-0.4, -0.2) is 27.4 Å². The van der Waals surface area contributed by atoms with Crippen molar-refractivity contribution in [3.8, 4) is 0 Å². The van der Waals surface area contributed by atoms with E-state index >= 15 is 0 Å². The van der Waals surface area contributed by atoms with Crippen LogP contribution in [0.3, 0.4) is 0 Å². The molecule has 4 nitrogen and oxygen atoms in total. The first kappa shape index (κ1) is 23.9. The second-order valence-electron chi connectivity index (χ2n) is 12.9. The highest BCUT2D eigenvalue weighted by atomic mass is 35.5. The van der Waals surface area contributed by atoms with E-state index < -0.39 is 11.4 Å². The molecule has 5 aliphatic rings. The van der Waals surface area contributed by atoms with Crippen molar-refractivity contribution in [1.29, 1.82) is 0 Å². The minimum absolute atomic E-state index is 0.144. The summed E-state index contributed by atoms with van der Waals surface area (Å²) in [6.07, 6.45) is 10.7. The van der Waals surface area contributed by atoms with E-state index in [1.165, 1.54) is 16.7 Å². The fourth-order valence-corrected chi connectivity index (χ4v) is 7.40. The van der Waals surface area contributed by atoms with Crippen molar-refractivity contribution < 1.29 is 14.7 Å². The largest absolute Gasteiger partial charge is 0.481 e. The van der Waals surface area contributed by atoms with Crippen molar-refractivity contribution in [2.45, 2.75) is 103 Å². The number of halogens is 1. The van der Waals surface area contributed by atoms with Crippen molar-refractivity contribution in [3.05, 3.63) is 46.1 Å². The lowest BCUT2D eigenvalue weighted by Gasteiger charge is -2.71. The van der Waals surface area contributed by atoms with Gasteiger partial charge >= 0.3 is 5.97 Å². The SMILES string of the molecule is CCC1CC[C@@]2(c3ccc(CCC(C)(C)C)c(Cl)c3)CC(=O)N(C34CC(C(=O)O)(C3)C4)C=C2C1. The highest BCUT2D eigenvalue weighted by Crippen LogP contribution is 2.71. The Bertz CT molecular complexity index is 1050. The first-order chi connectivity index (χ1) is 15.9. The Hall–Kier alpha value is -1.81. The van der Waals surface area contributed by atoms with E-state index in [0.717, 1.165) is 43.5 Å². The maximum absolute atomic E-state index is 13.6. The van der Waals surface area contributed by atoms with Gasteiger partial charge in [0, 0.05) is 23.1 Å². The monoisotopic (exact) mass is 483 g/mol. The summed E-state index contributed by atoms with van der Waals surface area (Å²) in [5.74, 6) is 0.0745. The van der Waals surface area contributed by atoms with Crippen LogP contribution in [0.25, 0.3) is 0 Å². The predicted molar refractivity (Wildman–Crippen MR) is 135 cm³/mol. The molecule has 184 valence electrons. The summed E-state index contributed by atoms with van der Waals surface area (Å²) < 4.78 is 0. The zero-order valence-electron chi connectivity index (χ0n) is 21.0. The highest BCUT2D eigenvalue weighted by molar-refractivity contribution is 6.31. The number of carbonyl (C=O) groups excluding carboxylic acids is 1. The van der Waals surface area contributed by atoms with Gasteiger partial charge in [-0.15, -0.1) is 0 Å². The normalized spacial score (nSPS) is 34.6. The molecule has 1 amide bonds.